The van der Waals surface area contributed by atoms with E-state index in [9.17, 15) is 9.59 Å². The van der Waals surface area contributed by atoms with Crippen LogP contribution in [0.3, 0.4) is 0 Å². The van der Waals surface area contributed by atoms with Gasteiger partial charge in [-0.15, -0.1) is 11.3 Å². The van der Waals surface area contributed by atoms with E-state index in [4.69, 9.17) is 4.98 Å². The Balaban J connectivity index is 1.68. The summed E-state index contributed by atoms with van der Waals surface area (Å²) in [5.41, 5.74) is 1.32. The minimum absolute atomic E-state index is 0.0754. The molecule has 134 valence electrons. The summed E-state index contributed by atoms with van der Waals surface area (Å²) in [6.45, 7) is 4.74. The van der Waals surface area contributed by atoms with Gasteiger partial charge in [-0.3, -0.25) is 14.2 Å². The third kappa shape index (κ3) is 2.74. The van der Waals surface area contributed by atoms with E-state index < -0.39 is 0 Å². The predicted molar refractivity (Wildman–Crippen MR) is 101 cm³/mol. The molecule has 0 atom stereocenters. The summed E-state index contributed by atoms with van der Waals surface area (Å²) < 4.78 is 1.70. The summed E-state index contributed by atoms with van der Waals surface area (Å²) in [5, 5.41) is 0.839. The highest BCUT2D eigenvalue weighted by Crippen LogP contribution is 2.34. The van der Waals surface area contributed by atoms with Gasteiger partial charge >= 0.3 is 0 Å². The van der Waals surface area contributed by atoms with E-state index in [1.165, 1.54) is 16.9 Å². The van der Waals surface area contributed by atoms with Crippen LogP contribution in [-0.4, -0.2) is 46.5 Å². The molecule has 1 fully saturated rings. The summed E-state index contributed by atoms with van der Waals surface area (Å²) in [6.07, 6.45) is 5.00. The molecule has 3 heterocycles. The molecular formula is C18H24N4O2S. The topological polar surface area (TPSA) is 58.4 Å². The first-order valence-electron chi connectivity index (χ1n) is 9.14. The van der Waals surface area contributed by atoms with Gasteiger partial charge in [0.05, 0.1) is 5.39 Å². The van der Waals surface area contributed by atoms with Crippen LogP contribution in [0.25, 0.3) is 10.2 Å². The normalized spacial score (nSPS) is 17.8. The number of anilines is 1. The number of aryl methyl sites for hydroxylation is 2. The number of carbonyl (C=O) groups excluding carboxylic acids is 1. The third-order valence-electron chi connectivity index (χ3n) is 5.39. The number of nitrogens with zero attached hydrogens (tertiary/aromatic N) is 4. The van der Waals surface area contributed by atoms with Crippen LogP contribution in [0.4, 0.5) is 5.95 Å². The summed E-state index contributed by atoms with van der Waals surface area (Å²) in [5.74, 6) is 0.933. The summed E-state index contributed by atoms with van der Waals surface area (Å²) in [7, 11) is 1.82. The Morgan fingerprint density at radius 3 is 2.60 bits per heavy atom. The molecule has 0 N–H and O–H groups in total. The Morgan fingerprint density at radius 1 is 1.16 bits per heavy atom. The van der Waals surface area contributed by atoms with Crippen LogP contribution in [-0.2, 0) is 24.7 Å². The van der Waals surface area contributed by atoms with E-state index in [2.05, 4.69) is 4.90 Å². The van der Waals surface area contributed by atoms with E-state index in [1.54, 1.807) is 15.9 Å². The molecule has 0 saturated carbocycles. The lowest BCUT2D eigenvalue weighted by molar-refractivity contribution is -0.131. The fourth-order valence-electron chi connectivity index (χ4n) is 3.94. The van der Waals surface area contributed by atoms with Crippen molar-refractivity contribution in [2.45, 2.75) is 39.0 Å². The van der Waals surface area contributed by atoms with Crippen molar-refractivity contribution in [3.63, 3.8) is 0 Å². The molecule has 2 aromatic heterocycles. The largest absolute Gasteiger partial charge is 0.339 e. The summed E-state index contributed by atoms with van der Waals surface area (Å²) in [4.78, 5) is 36.0. The van der Waals surface area contributed by atoms with Gasteiger partial charge in [-0.2, -0.15) is 0 Å². The number of hydrogen-bond acceptors (Lipinski definition) is 5. The molecule has 0 bridgehead atoms. The molecule has 0 spiro atoms. The van der Waals surface area contributed by atoms with Crippen molar-refractivity contribution in [1.29, 1.82) is 0 Å². The van der Waals surface area contributed by atoms with Gasteiger partial charge in [0.15, 0.2) is 0 Å². The Hall–Kier alpha value is -1.89. The number of carbonyl (C=O) groups is 1. The second kappa shape index (κ2) is 6.44. The lowest BCUT2D eigenvalue weighted by atomic mass is 9.97. The number of thiophene rings is 1. The van der Waals surface area contributed by atoms with Crippen molar-refractivity contribution >= 4 is 33.4 Å². The molecule has 7 heteroatoms. The maximum Gasteiger partial charge on any atom is 0.263 e. The fourth-order valence-corrected chi connectivity index (χ4v) is 5.18. The van der Waals surface area contributed by atoms with Gasteiger partial charge < -0.3 is 9.80 Å². The Labute approximate surface area is 151 Å². The highest BCUT2D eigenvalue weighted by atomic mass is 32.1. The monoisotopic (exact) mass is 360 g/mol. The number of fused-ring (bicyclic) bond motifs is 3. The number of hydrogen-bond donors (Lipinski definition) is 0. The van der Waals surface area contributed by atoms with Crippen LogP contribution >= 0.6 is 11.3 Å². The average molecular weight is 360 g/mol. The molecule has 6 nitrogen and oxygen atoms in total. The third-order valence-corrected chi connectivity index (χ3v) is 6.58. The van der Waals surface area contributed by atoms with Crippen molar-refractivity contribution in [1.82, 2.24) is 14.5 Å². The van der Waals surface area contributed by atoms with Gasteiger partial charge in [0.25, 0.3) is 5.56 Å². The maximum atomic E-state index is 13.0. The van der Waals surface area contributed by atoms with E-state index >= 15 is 0 Å². The van der Waals surface area contributed by atoms with Crippen LogP contribution in [0, 0.1) is 0 Å². The summed E-state index contributed by atoms with van der Waals surface area (Å²) >= 11 is 1.69. The predicted octanol–water partition coefficient (Wildman–Crippen LogP) is 1.93. The highest BCUT2D eigenvalue weighted by Gasteiger charge is 2.25. The zero-order valence-electron chi connectivity index (χ0n) is 14.9. The smallest absolute Gasteiger partial charge is 0.263 e. The maximum absolute atomic E-state index is 13.0. The van der Waals surface area contributed by atoms with Gasteiger partial charge in [0.1, 0.15) is 4.83 Å². The first-order valence-corrected chi connectivity index (χ1v) is 9.95. The first-order chi connectivity index (χ1) is 12.1. The Kier molecular flexibility index (Phi) is 4.27. The summed E-state index contributed by atoms with van der Waals surface area (Å²) in [6, 6.07) is 0. The number of amides is 1. The molecule has 2 aromatic rings. The molecule has 1 amide bonds. The molecule has 0 aromatic carbocycles. The second-order valence-corrected chi connectivity index (χ2v) is 7.97. The van der Waals surface area contributed by atoms with E-state index in [-0.39, 0.29) is 11.5 Å². The van der Waals surface area contributed by atoms with E-state index in [0.29, 0.717) is 19.5 Å². The van der Waals surface area contributed by atoms with Crippen molar-refractivity contribution in [2.75, 3.05) is 31.1 Å². The lowest BCUT2D eigenvalue weighted by Crippen LogP contribution is -2.50. The molecule has 1 saturated heterocycles. The van der Waals surface area contributed by atoms with Crippen molar-refractivity contribution < 1.29 is 4.79 Å². The van der Waals surface area contributed by atoms with E-state index in [0.717, 1.165) is 48.5 Å². The van der Waals surface area contributed by atoms with Crippen molar-refractivity contribution in [3.05, 3.63) is 20.8 Å². The number of piperazine rings is 1. The van der Waals surface area contributed by atoms with Crippen molar-refractivity contribution in [3.8, 4) is 0 Å². The fraction of sp³-hybridized carbons (Fsp3) is 0.611. The van der Waals surface area contributed by atoms with Gasteiger partial charge in [-0.1, -0.05) is 6.92 Å². The SMILES string of the molecule is CCC(=O)N1CCN(c2nc3sc4c(c3c(=O)n2C)CCCC4)CC1. The molecule has 4 rings (SSSR count). The number of rotatable bonds is 2. The van der Waals surface area contributed by atoms with Gasteiger partial charge in [0.2, 0.25) is 11.9 Å². The molecule has 2 aliphatic rings. The van der Waals surface area contributed by atoms with Crippen LogP contribution in [0.15, 0.2) is 4.79 Å². The molecule has 0 unspecified atom stereocenters. The molecular weight excluding hydrogens is 336 g/mol. The van der Waals surface area contributed by atoms with Gasteiger partial charge in [0, 0.05) is 44.5 Å². The van der Waals surface area contributed by atoms with Crippen LogP contribution in [0.5, 0.6) is 0 Å². The minimum Gasteiger partial charge on any atom is -0.339 e. The first kappa shape index (κ1) is 16.6. The molecule has 25 heavy (non-hydrogen) atoms. The Morgan fingerprint density at radius 2 is 1.88 bits per heavy atom. The van der Waals surface area contributed by atoms with Crippen LogP contribution in [0.1, 0.15) is 36.6 Å². The van der Waals surface area contributed by atoms with Gasteiger partial charge in [-0.05, 0) is 31.2 Å². The molecule has 1 aliphatic heterocycles. The molecule has 1 aliphatic carbocycles. The molecule has 0 radical (unpaired) electrons. The Bertz CT molecular complexity index is 877. The van der Waals surface area contributed by atoms with Crippen LogP contribution < -0.4 is 10.5 Å². The zero-order chi connectivity index (χ0) is 17.6. The quantitative estimate of drug-likeness (QED) is 0.821. The van der Waals surface area contributed by atoms with Gasteiger partial charge in [-0.25, -0.2) is 4.98 Å². The lowest BCUT2D eigenvalue weighted by Gasteiger charge is -2.35. The highest BCUT2D eigenvalue weighted by molar-refractivity contribution is 7.18. The van der Waals surface area contributed by atoms with E-state index in [1.807, 2.05) is 18.9 Å². The minimum atomic E-state index is 0.0754. The zero-order valence-corrected chi connectivity index (χ0v) is 15.7. The average Bonchev–Trinajstić information content (AvgIpc) is 3.02. The number of aromatic nitrogens is 2. The van der Waals surface area contributed by atoms with Crippen molar-refractivity contribution in [2.24, 2.45) is 7.05 Å². The standard InChI is InChI=1S/C18H24N4O2S/c1-3-14(23)21-8-10-22(11-9-21)18-19-16-15(17(24)20(18)2)12-6-4-5-7-13(12)25-16/h3-11H2,1-2H3. The second-order valence-electron chi connectivity index (χ2n) is 6.89. The van der Waals surface area contributed by atoms with Crippen LogP contribution in [0.2, 0.25) is 0 Å².